The van der Waals surface area contributed by atoms with Crippen molar-refractivity contribution in [1.82, 2.24) is 0 Å². The number of hydrogen-bond donors (Lipinski definition) is 1. The van der Waals surface area contributed by atoms with E-state index in [1.165, 1.54) is 17.4 Å². The normalized spacial score (nSPS) is 12.9. The smallest absolute Gasteiger partial charge is 0.488 e. The molecule has 1 N–H and O–H groups in total. The van der Waals surface area contributed by atoms with E-state index in [-0.39, 0.29) is 5.75 Å². The molecule has 0 aliphatic heterocycles. The van der Waals surface area contributed by atoms with Gasteiger partial charge in [-0.2, -0.15) is 0 Å². The summed E-state index contributed by atoms with van der Waals surface area (Å²) >= 11 is 1.39. The zero-order valence-corrected chi connectivity index (χ0v) is 21.2. The maximum atomic E-state index is 13.2. The van der Waals surface area contributed by atoms with Gasteiger partial charge in [-0.05, 0) is 87.9 Å². The minimum atomic E-state index is -4.76. The van der Waals surface area contributed by atoms with Crippen LogP contribution in [0, 0.1) is 0 Å². The lowest BCUT2D eigenvalue weighted by atomic mass is 9.92. The summed E-state index contributed by atoms with van der Waals surface area (Å²) in [5, 5.41) is 11.1. The molecule has 0 amide bonds. The summed E-state index contributed by atoms with van der Waals surface area (Å²) in [5.41, 5.74) is -0.209. The fourth-order valence-electron chi connectivity index (χ4n) is 4.32. The van der Waals surface area contributed by atoms with Gasteiger partial charge in [0.25, 0.3) is 0 Å². The molecule has 0 saturated carbocycles. The first-order valence-corrected chi connectivity index (χ1v) is 12.4. The van der Waals surface area contributed by atoms with Gasteiger partial charge in [-0.15, -0.1) is 24.5 Å². The zero-order valence-electron chi connectivity index (χ0n) is 20.4. The third-order valence-corrected chi connectivity index (χ3v) is 6.48. The van der Waals surface area contributed by atoms with Crippen molar-refractivity contribution < 1.29 is 27.8 Å². The predicted molar refractivity (Wildman–Crippen MR) is 133 cm³/mol. The molecule has 0 saturated heterocycles. The van der Waals surface area contributed by atoms with Crippen molar-refractivity contribution in [3.05, 3.63) is 48.0 Å². The number of ether oxygens (including phenoxy) is 2. The first kappa shape index (κ1) is 26.4. The molecule has 3 nitrogen and oxygen atoms in total. The van der Waals surface area contributed by atoms with E-state index in [9.17, 15) is 18.3 Å². The number of thiophene rings is 1. The highest BCUT2D eigenvalue weighted by Gasteiger charge is 2.33. The summed E-state index contributed by atoms with van der Waals surface area (Å²) in [6.07, 6.45) is -0.597. The number of fused-ring (bicyclic) bond motifs is 1. The summed E-state index contributed by atoms with van der Waals surface area (Å²) in [7, 11) is 0. The fourth-order valence-corrected chi connectivity index (χ4v) is 5.44. The number of rotatable bonds is 10. The summed E-state index contributed by atoms with van der Waals surface area (Å²) in [5.74, 6) is 0.476. The lowest BCUT2D eigenvalue weighted by Crippen LogP contribution is -2.37. The van der Waals surface area contributed by atoms with Crippen LogP contribution in [-0.2, 0) is 6.42 Å². The van der Waals surface area contributed by atoms with Crippen molar-refractivity contribution in [3.63, 3.8) is 0 Å². The summed E-state index contributed by atoms with van der Waals surface area (Å²) in [4.78, 5) is 0.697. The van der Waals surface area contributed by atoms with E-state index < -0.39 is 17.6 Å². The fraction of sp³-hybridized carbons (Fsp3) is 0.481. The average molecular weight is 495 g/mol. The average Bonchev–Trinajstić information content (AvgIpc) is 3.07. The van der Waals surface area contributed by atoms with Crippen molar-refractivity contribution in [2.75, 3.05) is 0 Å². The highest BCUT2D eigenvalue weighted by atomic mass is 32.1. The Morgan fingerprint density at radius 3 is 2.29 bits per heavy atom. The van der Waals surface area contributed by atoms with E-state index in [0.717, 1.165) is 41.3 Å². The number of benzene rings is 2. The van der Waals surface area contributed by atoms with Gasteiger partial charge in [0.15, 0.2) is 0 Å². The number of halogens is 3. The van der Waals surface area contributed by atoms with Crippen LogP contribution in [0.2, 0.25) is 0 Å². The minimum absolute atomic E-state index is 0.171. The van der Waals surface area contributed by atoms with Crippen LogP contribution in [0.1, 0.15) is 65.9 Å². The van der Waals surface area contributed by atoms with Crippen molar-refractivity contribution >= 4 is 21.4 Å². The van der Waals surface area contributed by atoms with Crippen molar-refractivity contribution in [1.29, 1.82) is 0 Å². The Morgan fingerprint density at radius 2 is 1.65 bits per heavy atom. The summed E-state index contributed by atoms with van der Waals surface area (Å²) < 4.78 is 50.9. The number of aliphatic hydroxyl groups is 1. The lowest BCUT2D eigenvalue weighted by Gasteiger charge is -2.32. The number of alkyl halides is 3. The van der Waals surface area contributed by atoms with Crippen molar-refractivity contribution in [2.45, 2.75) is 84.3 Å². The molecule has 0 unspecified atom stereocenters. The molecule has 0 radical (unpaired) electrons. The van der Waals surface area contributed by atoms with E-state index in [4.69, 9.17) is 4.74 Å². The summed E-state index contributed by atoms with van der Waals surface area (Å²) in [6.45, 7) is 9.40. The van der Waals surface area contributed by atoms with E-state index in [2.05, 4.69) is 11.7 Å². The third kappa shape index (κ3) is 7.64. The molecule has 1 heterocycles. The first-order chi connectivity index (χ1) is 15.7. The van der Waals surface area contributed by atoms with Crippen LogP contribution in [0.5, 0.6) is 11.5 Å². The Hall–Kier alpha value is -2.25. The highest BCUT2D eigenvalue weighted by Crippen LogP contribution is 2.42. The summed E-state index contributed by atoms with van der Waals surface area (Å²) in [6, 6.07) is 12.6. The number of unbranched alkanes of at least 4 members (excludes halogenated alkanes) is 2. The highest BCUT2D eigenvalue weighted by molar-refractivity contribution is 7.22. The van der Waals surface area contributed by atoms with Gasteiger partial charge in [-0.1, -0.05) is 25.8 Å². The molecule has 0 fully saturated rings. The monoisotopic (exact) mass is 494 g/mol. The molecule has 0 aliphatic carbocycles. The second kappa shape index (κ2) is 10.2. The van der Waals surface area contributed by atoms with Gasteiger partial charge in [-0.3, -0.25) is 0 Å². The molecule has 0 spiro atoms. The molecule has 3 aromatic rings. The maximum Gasteiger partial charge on any atom is 0.573 e. The van der Waals surface area contributed by atoms with Crippen LogP contribution in [0.15, 0.2) is 42.5 Å². The SMILES string of the molecule is CCCCCc1ccc(-c2cc3ccc(OC(C)(C)CC(C)(C)O)cc3s2)c(OC(F)(F)F)c1. The van der Waals surface area contributed by atoms with E-state index in [1.54, 1.807) is 19.9 Å². The molecule has 0 atom stereocenters. The van der Waals surface area contributed by atoms with Crippen LogP contribution >= 0.6 is 11.3 Å². The van der Waals surface area contributed by atoms with Gasteiger partial charge in [0, 0.05) is 21.6 Å². The molecule has 3 rings (SSSR count). The Balaban J connectivity index is 1.92. The molecule has 1 aromatic heterocycles. The van der Waals surface area contributed by atoms with Gasteiger partial charge in [0.05, 0.1) is 5.60 Å². The largest absolute Gasteiger partial charge is 0.573 e. The third-order valence-electron chi connectivity index (χ3n) is 5.35. The van der Waals surface area contributed by atoms with Crippen LogP contribution in [0.4, 0.5) is 13.2 Å². The van der Waals surface area contributed by atoms with E-state index in [0.29, 0.717) is 22.6 Å². The van der Waals surface area contributed by atoms with Gasteiger partial charge in [0.2, 0.25) is 0 Å². The molecular weight excluding hydrogens is 461 g/mol. The molecule has 0 aliphatic rings. The van der Waals surface area contributed by atoms with Crippen LogP contribution in [0.3, 0.4) is 0 Å². The molecule has 0 bridgehead atoms. The molecule has 34 heavy (non-hydrogen) atoms. The number of aryl methyl sites for hydroxylation is 1. The molecule has 186 valence electrons. The van der Waals surface area contributed by atoms with E-state index >= 15 is 0 Å². The minimum Gasteiger partial charge on any atom is -0.488 e. The second-order valence-corrected chi connectivity index (χ2v) is 11.1. The van der Waals surface area contributed by atoms with Gasteiger partial charge >= 0.3 is 6.36 Å². The predicted octanol–water partition coefficient (Wildman–Crippen LogP) is 8.52. The quantitative estimate of drug-likeness (QED) is 0.287. The standard InChI is InChI=1S/C27H33F3O3S/c1-6-7-8-9-18-10-13-21(22(14-18)33-27(28,29)30)24-15-19-11-12-20(16-23(19)34-24)32-26(4,5)17-25(2,3)31/h10-16,31H,6-9,17H2,1-5H3. The second-order valence-electron chi connectivity index (χ2n) is 10.00. The first-order valence-electron chi connectivity index (χ1n) is 11.6. The van der Waals surface area contributed by atoms with E-state index in [1.807, 2.05) is 44.2 Å². The molecular formula is C27H33F3O3S. The zero-order chi connectivity index (χ0) is 25.1. The van der Waals surface area contributed by atoms with Gasteiger partial charge in [0.1, 0.15) is 17.1 Å². The van der Waals surface area contributed by atoms with Gasteiger partial charge < -0.3 is 14.6 Å². The van der Waals surface area contributed by atoms with Crippen molar-refractivity contribution in [3.8, 4) is 21.9 Å². The topological polar surface area (TPSA) is 38.7 Å². The Morgan fingerprint density at radius 1 is 0.912 bits per heavy atom. The van der Waals surface area contributed by atoms with Gasteiger partial charge in [-0.25, -0.2) is 0 Å². The van der Waals surface area contributed by atoms with Crippen LogP contribution in [0.25, 0.3) is 20.5 Å². The Bertz CT molecular complexity index is 1110. The molecule has 7 heteroatoms. The lowest BCUT2D eigenvalue weighted by molar-refractivity contribution is -0.274. The Kier molecular flexibility index (Phi) is 7.88. The maximum absolute atomic E-state index is 13.2. The van der Waals surface area contributed by atoms with Crippen LogP contribution in [-0.4, -0.2) is 22.7 Å². The Labute approximate surface area is 203 Å². The van der Waals surface area contributed by atoms with Crippen LogP contribution < -0.4 is 9.47 Å². The van der Waals surface area contributed by atoms with Crippen molar-refractivity contribution in [2.24, 2.45) is 0 Å². The number of hydrogen-bond acceptors (Lipinski definition) is 4. The molecule has 2 aromatic carbocycles.